The Morgan fingerprint density at radius 1 is 1.50 bits per heavy atom. The van der Waals surface area contributed by atoms with Crippen molar-refractivity contribution in [1.82, 2.24) is 10.3 Å². The van der Waals surface area contributed by atoms with Gasteiger partial charge in [-0.25, -0.2) is 0 Å². The molecule has 1 aromatic heterocycles. The molecule has 90 valence electrons. The fraction of sp³-hybridized carbons (Fsp3) is 0.500. The first-order valence-corrected chi connectivity index (χ1v) is 4.74. The first-order valence-electron chi connectivity index (χ1n) is 4.74. The lowest BCUT2D eigenvalue weighted by molar-refractivity contribution is -0.175. The first-order chi connectivity index (χ1) is 7.53. The fourth-order valence-corrected chi connectivity index (χ4v) is 1.22. The standard InChI is InChI=1S/C10H13F3N2O/c1-14-9(6-16-7-10(11,12)13)8-3-2-4-15-5-8/h2-5,9,14H,6-7H2,1H3. The summed E-state index contributed by atoms with van der Waals surface area (Å²) in [7, 11) is 1.66. The van der Waals surface area contributed by atoms with Crippen LogP contribution >= 0.6 is 0 Å². The van der Waals surface area contributed by atoms with Gasteiger partial charge < -0.3 is 10.1 Å². The van der Waals surface area contributed by atoms with Gasteiger partial charge in [-0.1, -0.05) is 6.07 Å². The zero-order valence-corrected chi connectivity index (χ0v) is 8.79. The minimum Gasteiger partial charge on any atom is -0.370 e. The van der Waals surface area contributed by atoms with Crippen LogP contribution < -0.4 is 5.32 Å². The Labute approximate surface area is 91.6 Å². The van der Waals surface area contributed by atoms with Crippen molar-refractivity contribution in [2.75, 3.05) is 20.3 Å². The van der Waals surface area contributed by atoms with E-state index in [0.29, 0.717) is 0 Å². The van der Waals surface area contributed by atoms with E-state index in [1.54, 1.807) is 31.6 Å². The Bertz CT molecular complexity index is 303. The van der Waals surface area contributed by atoms with Gasteiger partial charge in [0.1, 0.15) is 6.61 Å². The molecule has 0 bridgehead atoms. The molecule has 1 N–H and O–H groups in total. The maximum absolute atomic E-state index is 11.9. The molecule has 0 fully saturated rings. The Hall–Kier alpha value is -1.14. The van der Waals surface area contributed by atoms with Gasteiger partial charge in [-0.3, -0.25) is 4.98 Å². The number of nitrogens with one attached hydrogen (secondary N) is 1. The highest BCUT2D eigenvalue weighted by Gasteiger charge is 2.27. The van der Waals surface area contributed by atoms with Crippen LogP contribution in [0.5, 0.6) is 0 Å². The molecule has 1 rings (SSSR count). The summed E-state index contributed by atoms with van der Waals surface area (Å²) in [5, 5.41) is 2.87. The Morgan fingerprint density at radius 3 is 2.75 bits per heavy atom. The van der Waals surface area contributed by atoms with Gasteiger partial charge in [-0.15, -0.1) is 0 Å². The molecule has 0 saturated carbocycles. The van der Waals surface area contributed by atoms with E-state index in [9.17, 15) is 13.2 Å². The molecule has 16 heavy (non-hydrogen) atoms. The third-order valence-corrected chi connectivity index (χ3v) is 1.99. The van der Waals surface area contributed by atoms with Crippen molar-refractivity contribution in [3.63, 3.8) is 0 Å². The SMILES string of the molecule is CNC(COCC(F)(F)F)c1cccnc1. The molecule has 1 heterocycles. The quantitative estimate of drug-likeness (QED) is 0.845. The van der Waals surface area contributed by atoms with Gasteiger partial charge in [0.05, 0.1) is 12.6 Å². The summed E-state index contributed by atoms with van der Waals surface area (Å²) < 4.78 is 40.2. The monoisotopic (exact) mass is 234 g/mol. The lowest BCUT2D eigenvalue weighted by Crippen LogP contribution is -2.25. The minimum atomic E-state index is -4.28. The van der Waals surface area contributed by atoms with Crippen LogP contribution in [0.2, 0.25) is 0 Å². The van der Waals surface area contributed by atoms with Gasteiger partial charge in [0.25, 0.3) is 0 Å². The number of hydrogen-bond acceptors (Lipinski definition) is 3. The van der Waals surface area contributed by atoms with Crippen LogP contribution in [0.15, 0.2) is 24.5 Å². The van der Waals surface area contributed by atoms with Crippen LogP contribution in [0.25, 0.3) is 0 Å². The Kier molecular flexibility index (Phi) is 4.70. The smallest absolute Gasteiger partial charge is 0.370 e. The summed E-state index contributed by atoms with van der Waals surface area (Å²) in [6, 6.07) is 3.23. The molecular weight excluding hydrogens is 221 g/mol. The molecule has 0 radical (unpaired) electrons. The summed E-state index contributed by atoms with van der Waals surface area (Å²) in [5.41, 5.74) is 0.798. The van der Waals surface area contributed by atoms with Crippen molar-refractivity contribution >= 4 is 0 Å². The summed E-state index contributed by atoms with van der Waals surface area (Å²) >= 11 is 0. The predicted molar refractivity (Wildman–Crippen MR) is 52.9 cm³/mol. The average Bonchev–Trinajstić information content (AvgIpc) is 2.24. The number of hydrogen-bond donors (Lipinski definition) is 1. The summed E-state index contributed by atoms with van der Waals surface area (Å²) in [5.74, 6) is 0. The molecule has 0 aliphatic carbocycles. The normalized spacial score (nSPS) is 13.8. The molecule has 0 saturated heterocycles. The number of halogens is 3. The summed E-state index contributed by atoms with van der Waals surface area (Å²) in [6.07, 6.45) is -1.09. The van der Waals surface area contributed by atoms with E-state index in [0.717, 1.165) is 5.56 Å². The molecule has 1 unspecified atom stereocenters. The highest BCUT2D eigenvalue weighted by molar-refractivity contribution is 5.13. The van der Waals surface area contributed by atoms with E-state index in [1.807, 2.05) is 0 Å². The first kappa shape index (κ1) is 12.9. The Balaban J connectivity index is 2.45. The molecule has 0 spiro atoms. The minimum absolute atomic E-state index is 0.0400. The van der Waals surface area contributed by atoms with E-state index in [2.05, 4.69) is 15.0 Å². The van der Waals surface area contributed by atoms with Gasteiger partial charge in [-0.05, 0) is 18.7 Å². The van der Waals surface area contributed by atoms with E-state index in [-0.39, 0.29) is 12.6 Å². The van der Waals surface area contributed by atoms with Crippen LogP contribution in [0.4, 0.5) is 13.2 Å². The maximum Gasteiger partial charge on any atom is 0.411 e. The maximum atomic E-state index is 11.9. The highest BCUT2D eigenvalue weighted by atomic mass is 19.4. The van der Waals surface area contributed by atoms with Crippen molar-refractivity contribution in [3.05, 3.63) is 30.1 Å². The van der Waals surface area contributed by atoms with Gasteiger partial charge in [0.2, 0.25) is 0 Å². The van der Waals surface area contributed by atoms with Crippen molar-refractivity contribution in [3.8, 4) is 0 Å². The molecule has 1 aromatic rings. The molecule has 6 heteroatoms. The van der Waals surface area contributed by atoms with Crippen molar-refractivity contribution < 1.29 is 17.9 Å². The van der Waals surface area contributed by atoms with E-state index in [4.69, 9.17) is 0 Å². The summed E-state index contributed by atoms with van der Waals surface area (Å²) in [4.78, 5) is 3.89. The number of aromatic nitrogens is 1. The number of nitrogens with zero attached hydrogens (tertiary/aromatic N) is 1. The van der Waals surface area contributed by atoms with Gasteiger partial charge >= 0.3 is 6.18 Å². The number of likely N-dealkylation sites (N-methyl/N-ethyl adjacent to an activating group) is 1. The average molecular weight is 234 g/mol. The Morgan fingerprint density at radius 2 is 2.25 bits per heavy atom. The van der Waals surface area contributed by atoms with E-state index in [1.165, 1.54) is 0 Å². The molecule has 0 aliphatic heterocycles. The second kappa shape index (κ2) is 5.81. The molecule has 3 nitrogen and oxygen atoms in total. The molecule has 0 amide bonds. The number of pyridine rings is 1. The second-order valence-electron chi connectivity index (χ2n) is 3.26. The third kappa shape index (κ3) is 4.59. The molecule has 0 aromatic carbocycles. The van der Waals surface area contributed by atoms with Crippen molar-refractivity contribution in [2.45, 2.75) is 12.2 Å². The number of rotatable bonds is 5. The number of ether oxygens (including phenoxy) is 1. The van der Waals surface area contributed by atoms with Crippen molar-refractivity contribution in [1.29, 1.82) is 0 Å². The third-order valence-electron chi connectivity index (χ3n) is 1.99. The topological polar surface area (TPSA) is 34.1 Å². The zero-order chi connectivity index (χ0) is 12.0. The highest BCUT2D eigenvalue weighted by Crippen LogP contribution is 2.17. The molecular formula is C10H13F3N2O. The summed E-state index contributed by atoms with van der Waals surface area (Å²) in [6.45, 7) is -1.27. The zero-order valence-electron chi connectivity index (χ0n) is 8.79. The lowest BCUT2D eigenvalue weighted by atomic mass is 10.1. The van der Waals surface area contributed by atoms with E-state index >= 15 is 0 Å². The van der Waals surface area contributed by atoms with Crippen LogP contribution in [0.3, 0.4) is 0 Å². The van der Waals surface area contributed by atoms with Crippen molar-refractivity contribution in [2.24, 2.45) is 0 Å². The van der Waals surface area contributed by atoms with Crippen LogP contribution in [0, 0.1) is 0 Å². The van der Waals surface area contributed by atoms with Crippen LogP contribution in [-0.4, -0.2) is 31.4 Å². The van der Waals surface area contributed by atoms with Gasteiger partial charge in [-0.2, -0.15) is 13.2 Å². The molecule has 1 atom stereocenters. The van der Waals surface area contributed by atoms with Crippen LogP contribution in [-0.2, 0) is 4.74 Å². The van der Waals surface area contributed by atoms with Gasteiger partial charge in [0.15, 0.2) is 0 Å². The van der Waals surface area contributed by atoms with Gasteiger partial charge in [0, 0.05) is 12.4 Å². The number of alkyl halides is 3. The van der Waals surface area contributed by atoms with Crippen LogP contribution in [0.1, 0.15) is 11.6 Å². The lowest BCUT2D eigenvalue weighted by Gasteiger charge is -2.17. The molecule has 0 aliphatic rings. The second-order valence-corrected chi connectivity index (χ2v) is 3.26. The largest absolute Gasteiger partial charge is 0.411 e. The fourth-order valence-electron chi connectivity index (χ4n) is 1.22. The van der Waals surface area contributed by atoms with E-state index < -0.39 is 12.8 Å². The predicted octanol–water partition coefficient (Wildman–Crippen LogP) is 1.92.